The van der Waals surface area contributed by atoms with Gasteiger partial charge in [0, 0.05) is 57.5 Å². The molecule has 0 saturated carbocycles. The number of nitrogens with zero attached hydrogens (tertiary/aromatic N) is 4. The number of alkyl halides is 9. The zero-order valence-corrected chi connectivity index (χ0v) is 24.0. The Morgan fingerprint density at radius 3 is 1.74 bits per heavy atom. The van der Waals surface area contributed by atoms with Crippen LogP contribution in [0.25, 0.3) is 0 Å². The Balaban J connectivity index is 0.000000413. The molecule has 0 amide bonds. The third-order valence-electron chi connectivity index (χ3n) is 5.93. The Morgan fingerprint density at radius 2 is 1.30 bits per heavy atom. The summed E-state index contributed by atoms with van der Waals surface area (Å²) in [5.74, 6) is -4.40. The molecule has 12 nitrogen and oxygen atoms in total. The molecule has 262 valence electrons. The molecule has 2 aliphatic heterocycles. The number of aryl methyl sites for hydroxylation is 1. The fourth-order valence-corrected chi connectivity index (χ4v) is 3.93. The second-order valence-electron chi connectivity index (χ2n) is 9.57. The lowest BCUT2D eigenvalue weighted by Crippen LogP contribution is -2.42. The van der Waals surface area contributed by atoms with Gasteiger partial charge >= 0.3 is 36.4 Å². The number of hydrogen-bond donors (Lipinski definition) is 3. The second kappa shape index (κ2) is 17.7. The summed E-state index contributed by atoms with van der Waals surface area (Å²) in [4.78, 5) is 36.3. The number of carbonyl (C=O) groups is 3. The van der Waals surface area contributed by atoms with E-state index in [9.17, 15) is 39.5 Å². The number of halogens is 9. The number of morpholine rings is 1. The van der Waals surface area contributed by atoms with Crippen molar-refractivity contribution in [2.45, 2.75) is 51.5 Å². The van der Waals surface area contributed by atoms with Crippen LogP contribution in [-0.4, -0.2) is 111 Å². The van der Waals surface area contributed by atoms with Gasteiger partial charge in [0.1, 0.15) is 17.3 Å². The van der Waals surface area contributed by atoms with Gasteiger partial charge in [0.2, 0.25) is 0 Å². The van der Waals surface area contributed by atoms with E-state index in [1.165, 1.54) is 0 Å². The van der Waals surface area contributed by atoms with Crippen molar-refractivity contribution in [1.29, 1.82) is 0 Å². The highest BCUT2D eigenvalue weighted by Gasteiger charge is 2.39. The van der Waals surface area contributed by atoms with Gasteiger partial charge in [-0.1, -0.05) is 6.92 Å². The lowest BCUT2D eigenvalue weighted by Gasteiger charge is -2.31. The van der Waals surface area contributed by atoms with Gasteiger partial charge in [-0.25, -0.2) is 19.4 Å². The molecule has 0 aromatic carbocycles. The summed E-state index contributed by atoms with van der Waals surface area (Å²) < 4.78 is 109. The first-order chi connectivity index (χ1) is 21.1. The Hall–Kier alpha value is -3.85. The van der Waals surface area contributed by atoms with Crippen molar-refractivity contribution >= 4 is 17.9 Å². The van der Waals surface area contributed by atoms with Gasteiger partial charge in [-0.3, -0.25) is 9.80 Å². The highest BCUT2D eigenvalue weighted by molar-refractivity contribution is 5.73. The molecule has 0 aliphatic carbocycles. The molecular weight excluding hydrogens is 655 g/mol. The summed E-state index contributed by atoms with van der Waals surface area (Å²) in [7, 11) is 0. The largest absolute Gasteiger partial charge is 0.490 e. The number of aromatic nitrogens is 2. The number of carboxylic acids is 3. The van der Waals surface area contributed by atoms with Crippen LogP contribution in [-0.2, 0) is 45.2 Å². The van der Waals surface area contributed by atoms with Crippen LogP contribution in [0.15, 0.2) is 28.9 Å². The van der Waals surface area contributed by atoms with Crippen molar-refractivity contribution < 1.29 is 78.4 Å². The highest BCUT2D eigenvalue weighted by atomic mass is 19.4. The quantitative estimate of drug-likeness (QED) is 0.392. The maximum atomic E-state index is 10.6. The molecule has 1 atom stereocenters. The second-order valence-corrected chi connectivity index (χ2v) is 9.57. The van der Waals surface area contributed by atoms with E-state index in [1.807, 2.05) is 6.20 Å². The van der Waals surface area contributed by atoms with Gasteiger partial charge in [-0.15, -0.1) is 0 Å². The van der Waals surface area contributed by atoms with Crippen molar-refractivity contribution in [3.63, 3.8) is 0 Å². The predicted octanol–water partition coefficient (Wildman–Crippen LogP) is 3.90. The lowest BCUT2D eigenvalue weighted by molar-refractivity contribution is -0.193. The van der Waals surface area contributed by atoms with Crippen LogP contribution >= 0.6 is 0 Å². The molecule has 46 heavy (non-hydrogen) atoms. The molecule has 0 spiro atoms. The van der Waals surface area contributed by atoms with Crippen LogP contribution in [0.1, 0.15) is 24.3 Å². The Bertz CT molecular complexity index is 1180. The van der Waals surface area contributed by atoms with E-state index in [2.05, 4.69) is 44.6 Å². The molecule has 2 aliphatic rings. The standard InChI is InChI=1S/C19H28N4O2.3C2HF3O2/c1-2-17-3-4-18(25-17)14-22-12-16(11-21-7-9-24-10-8-21)13-23-6-5-20-19(23)15-22;3*3-2(4,5)1(6)7/h3-6,16H,2,7-15H2,1H3;3*(H,6,7). The van der Waals surface area contributed by atoms with Crippen LogP contribution in [0.3, 0.4) is 0 Å². The summed E-state index contributed by atoms with van der Waals surface area (Å²) >= 11 is 0. The Labute approximate surface area is 254 Å². The summed E-state index contributed by atoms with van der Waals surface area (Å²) in [6.45, 7) is 10.9. The van der Waals surface area contributed by atoms with E-state index in [-0.39, 0.29) is 0 Å². The van der Waals surface area contributed by atoms with Crippen LogP contribution in [0.4, 0.5) is 39.5 Å². The van der Waals surface area contributed by atoms with Gasteiger partial charge in [0.05, 0.1) is 26.3 Å². The van der Waals surface area contributed by atoms with E-state index < -0.39 is 36.4 Å². The number of furan rings is 1. The zero-order valence-electron chi connectivity index (χ0n) is 24.0. The average Bonchev–Trinajstić information content (AvgIpc) is 3.54. The van der Waals surface area contributed by atoms with E-state index in [1.54, 1.807) is 0 Å². The smallest absolute Gasteiger partial charge is 0.475 e. The minimum Gasteiger partial charge on any atom is -0.475 e. The lowest BCUT2D eigenvalue weighted by atomic mass is 10.1. The van der Waals surface area contributed by atoms with Gasteiger partial charge in [0.25, 0.3) is 0 Å². The van der Waals surface area contributed by atoms with Crippen molar-refractivity contribution in [3.05, 3.63) is 41.9 Å². The molecular formula is C25H31F9N4O8. The molecule has 0 radical (unpaired) electrons. The van der Waals surface area contributed by atoms with Crippen molar-refractivity contribution in [3.8, 4) is 0 Å². The molecule has 2 aromatic heterocycles. The minimum atomic E-state index is -5.08. The Kier molecular flexibility index (Phi) is 15.5. The highest BCUT2D eigenvalue weighted by Crippen LogP contribution is 2.20. The number of rotatable bonds is 5. The number of aliphatic carboxylic acids is 3. The monoisotopic (exact) mass is 686 g/mol. The van der Waals surface area contributed by atoms with E-state index in [4.69, 9.17) is 38.9 Å². The fraction of sp³-hybridized carbons (Fsp3) is 0.600. The molecule has 1 fully saturated rings. The van der Waals surface area contributed by atoms with Crippen LogP contribution in [0.2, 0.25) is 0 Å². The van der Waals surface area contributed by atoms with Gasteiger partial charge in [-0.05, 0) is 12.1 Å². The molecule has 4 heterocycles. The molecule has 3 N–H and O–H groups in total. The first kappa shape index (κ1) is 40.2. The summed E-state index contributed by atoms with van der Waals surface area (Å²) in [5, 5.41) is 21.4. The first-order valence-electron chi connectivity index (χ1n) is 13.1. The number of hydrogen-bond acceptors (Lipinski definition) is 8. The zero-order chi connectivity index (χ0) is 35.3. The third kappa shape index (κ3) is 15.4. The maximum absolute atomic E-state index is 10.6. The van der Waals surface area contributed by atoms with Crippen LogP contribution in [0.5, 0.6) is 0 Å². The molecule has 2 aromatic rings. The van der Waals surface area contributed by atoms with Gasteiger partial charge in [0.15, 0.2) is 0 Å². The molecule has 1 saturated heterocycles. The number of imidazole rings is 1. The summed E-state index contributed by atoms with van der Waals surface area (Å²) in [6.07, 6.45) is -10.3. The number of fused-ring (bicyclic) bond motifs is 1. The fourth-order valence-electron chi connectivity index (χ4n) is 3.93. The third-order valence-corrected chi connectivity index (χ3v) is 5.93. The first-order valence-corrected chi connectivity index (χ1v) is 13.1. The topological polar surface area (TPSA) is 159 Å². The minimum absolute atomic E-state index is 0.592. The SMILES string of the molecule is CCc1ccc(CN2Cc3nccn3CC(CN3CCOCC3)C2)o1.O=C(O)C(F)(F)F.O=C(O)C(F)(F)F.O=C(O)C(F)(F)F. The molecule has 1 unspecified atom stereocenters. The van der Waals surface area contributed by atoms with Gasteiger partial charge in [-0.2, -0.15) is 39.5 Å². The summed E-state index contributed by atoms with van der Waals surface area (Å²) in [6, 6.07) is 4.21. The van der Waals surface area contributed by atoms with Crippen molar-refractivity contribution in [1.82, 2.24) is 19.4 Å². The molecule has 21 heteroatoms. The number of ether oxygens (including phenoxy) is 1. The normalized spacial score (nSPS) is 17.5. The maximum Gasteiger partial charge on any atom is 0.490 e. The van der Waals surface area contributed by atoms with Crippen molar-refractivity contribution in [2.75, 3.05) is 39.4 Å². The molecule has 0 bridgehead atoms. The van der Waals surface area contributed by atoms with Crippen molar-refractivity contribution in [2.24, 2.45) is 5.92 Å². The van der Waals surface area contributed by atoms with Gasteiger partial charge < -0.3 is 29.0 Å². The molecule has 4 rings (SSSR count). The summed E-state index contributed by atoms with van der Waals surface area (Å²) in [5.41, 5.74) is 0. The van der Waals surface area contributed by atoms with E-state index in [0.29, 0.717) is 5.92 Å². The van der Waals surface area contributed by atoms with Crippen LogP contribution in [0, 0.1) is 5.92 Å². The van der Waals surface area contributed by atoms with E-state index >= 15 is 0 Å². The Morgan fingerprint density at radius 1 is 0.826 bits per heavy atom. The van der Waals surface area contributed by atoms with Crippen LogP contribution < -0.4 is 0 Å². The predicted molar refractivity (Wildman–Crippen MR) is 136 cm³/mol. The average molecular weight is 687 g/mol. The number of carboxylic acid groups (broad SMARTS) is 3. The van der Waals surface area contributed by atoms with E-state index in [0.717, 1.165) is 82.8 Å².